The largest absolute Gasteiger partial charge is 0.479 e. The second-order valence-corrected chi connectivity index (χ2v) is 9.24. The standard InChI is InChI=1S/C20H20N4O7S/c1-22(20(19(25)26)8-11-31-12-9-20)17-15-7-10-23(18(15)21-13-16(17)24(27)28)32(29,30)14-5-3-2-4-6-14/h2-7,10,13H,8-9,11-12H2,1H3,(H,25,26). The predicted octanol–water partition coefficient (Wildman–Crippen LogP) is 2.25. The number of benzene rings is 1. The highest BCUT2D eigenvalue weighted by molar-refractivity contribution is 7.90. The van der Waals surface area contributed by atoms with Crippen LogP contribution < -0.4 is 4.90 Å². The van der Waals surface area contributed by atoms with E-state index < -0.39 is 32.1 Å². The Bertz CT molecular complexity index is 1300. The fourth-order valence-corrected chi connectivity index (χ4v) is 5.36. The van der Waals surface area contributed by atoms with E-state index in [0.717, 1.165) is 10.2 Å². The molecule has 1 fully saturated rings. The van der Waals surface area contributed by atoms with Crippen LogP contribution in [-0.4, -0.2) is 59.2 Å². The highest BCUT2D eigenvalue weighted by Gasteiger charge is 2.46. The van der Waals surface area contributed by atoms with Gasteiger partial charge in [0.2, 0.25) is 0 Å². The van der Waals surface area contributed by atoms with Gasteiger partial charge in [-0.2, -0.15) is 0 Å². The number of aromatic nitrogens is 2. The van der Waals surface area contributed by atoms with E-state index in [1.165, 1.54) is 36.3 Å². The normalized spacial score (nSPS) is 16.0. The summed E-state index contributed by atoms with van der Waals surface area (Å²) in [6.07, 6.45) is 2.45. The quantitative estimate of drug-likeness (QED) is 0.432. The number of aliphatic carboxylic acids is 1. The number of hydrogen-bond donors (Lipinski definition) is 1. The number of likely N-dealkylation sites (N-methyl/N-ethyl adjacent to an activating group) is 1. The number of carbonyl (C=O) groups is 1. The number of hydrogen-bond acceptors (Lipinski definition) is 8. The van der Waals surface area contributed by atoms with Crippen molar-refractivity contribution < 1.29 is 28.0 Å². The van der Waals surface area contributed by atoms with E-state index in [0.29, 0.717) is 0 Å². The first-order valence-corrected chi connectivity index (χ1v) is 11.1. The molecule has 0 amide bonds. The summed E-state index contributed by atoms with van der Waals surface area (Å²) in [5, 5.41) is 22.0. The van der Waals surface area contributed by atoms with E-state index in [2.05, 4.69) is 4.98 Å². The lowest BCUT2D eigenvalue weighted by molar-refractivity contribution is -0.384. The van der Waals surface area contributed by atoms with E-state index in [4.69, 9.17) is 4.74 Å². The molecule has 0 atom stereocenters. The molecule has 4 rings (SSSR count). The summed E-state index contributed by atoms with van der Waals surface area (Å²) in [5.41, 5.74) is -1.90. The number of anilines is 1. The van der Waals surface area contributed by atoms with Crippen LogP contribution in [0.1, 0.15) is 12.8 Å². The predicted molar refractivity (Wildman–Crippen MR) is 114 cm³/mol. The molecule has 1 N–H and O–H groups in total. The van der Waals surface area contributed by atoms with Crippen molar-refractivity contribution in [3.8, 4) is 0 Å². The number of pyridine rings is 1. The molecule has 0 unspecified atom stereocenters. The smallest absolute Gasteiger partial charge is 0.329 e. The van der Waals surface area contributed by atoms with Crippen LogP contribution in [0.3, 0.4) is 0 Å². The van der Waals surface area contributed by atoms with Gasteiger partial charge in [0, 0.05) is 39.3 Å². The molecule has 3 aromatic rings. The van der Waals surface area contributed by atoms with Crippen LogP contribution in [0.15, 0.2) is 53.7 Å². The molecule has 1 aliphatic heterocycles. The first-order chi connectivity index (χ1) is 15.2. The number of nitrogens with zero attached hydrogens (tertiary/aromatic N) is 4. The summed E-state index contributed by atoms with van der Waals surface area (Å²) in [6.45, 7) is 0.365. The van der Waals surface area contributed by atoms with E-state index >= 15 is 0 Å². The Morgan fingerprint density at radius 3 is 2.50 bits per heavy atom. The maximum absolute atomic E-state index is 13.1. The van der Waals surface area contributed by atoms with E-state index in [9.17, 15) is 28.4 Å². The van der Waals surface area contributed by atoms with Crippen LogP contribution in [-0.2, 0) is 19.6 Å². The van der Waals surface area contributed by atoms with E-state index in [1.807, 2.05) is 0 Å². The molecule has 11 nitrogen and oxygen atoms in total. The zero-order valence-electron chi connectivity index (χ0n) is 17.0. The molecule has 0 bridgehead atoms. The molecule has 1 aliphatic rings. The third kappa shape index (κ3) is 3.28. The Kier molecular flexibility index (Phi) is 5.34. The van der Waals surface area contributed by atoms with Gasteiger partial charge in [-0.15, -0.1) is 0 Å². The molecular formula is C20H20N4O7S. The van der Waals surface area contributed by atoms with Gasteiger partial charge in [-0.25, -0.2) is 22.2 Å². The summed E-state index contributed by atoms with van der Waals surface area (Å²) in [7, 11) is -2.56. The highest BCUT2D eigenvalue weighted by Crippen LogP contribution is 2.41. The Balaban J connectivity index is 1.96. The molecular weight excluding hydrogens is 440 g/mol. The van der Waals surface area contributed by atoms with Gasteiger partial charge in [0.05, 0.1) is 15.2 Å². The van der Waals surface area contributed by atoms with Crippen LogP contribution in [0.2, 0.25) is 0 Å². The minimum atomic E-state index is -4.02. The Labute approximate surface area is 183 Å². The molecule has 0 radical (unpaired) electrons. The van der Waals surface area contributed by atoms with Crippen LogP contribution in [0.5, 0.6) is 0 Å². The van der Waals surface area contributed by atoms with Gasteiger partial charge < -0.3 is 14.7 Å². The van der Waals surface area contributed by atoms with Crippen molar-refractivity contribution in [2.24, 2.45) is 0 Å². The zero-order valence-corrected chi connectivity index (χ0v) is 17.9. The summed E-state index contributed by atoms with van der Waals surface area (Å²) in [4.78, 5) is 28.8. The minimum Gasteiger partial charge on any atom is -0.479 e. The topological polar surface area (TPSA) is 145 Å². The van der Waals surface area contributed by atoms with Crippen molar-refractivity contribution in [2.75, 3.05) is 25.2 Å². The minimum absolute atomic E-state index is 0.00804. The van der Waals surface area contributed by atoms with E-state index in [-0.39, 0.29) is 47.7 Å². The van der Waals surface area contributed by atoms with E-state index in [1.54, 1.807) is 18.2 Å². The Morgan fingerprint density at radius 2 is 1.91 bits per heavy atom. The van der Waals surface area contributed by atoms with Gasteiger partial charge >= 0.3 is 11.7 Å². The van der Waals surface area contributed by atoms with Crippen LogP contribution in [0.25, 0.3) is 11.0 Å². The van der Waals surface area contributed by atoms with Crippen molar-refractivity contribution >= 4 is 38.4 Å². The van der Waals surface area contributed by atoms with Crippen LogP contribution >= 0.6 is 0 Å². The van der Waals surface area contributed by atoms with Crippen molar-refractivity contribution in [3.63, 3.8) is 0 Å². The van der Waals surface area contributed by atoms with Crippen molar-refractivity contribution in [1.82, 2.24) is 8.96 Å². The number of carboxylic acid groups (broad SMARTS) is 1. The molecule has 1 saturated heterocycles. The molecule has 0 spiro atoms. The summed E-state index contributed by atoms with van der Waals surface area (Å²) >= 11 is 0. The highest BCUT2D eigenvalue weighted by atomic mass is 32.2. The first-order valence-electron chi connectivity index (χ1n) is 9.70. The van der Waals surface area contributed by atoms with Crippen molar-refractivity contribution in [2.45, 2.75) is 23.3 Å². The first kappa shape index (κ1) is 21.7. The average Bonchev–Trinajstić information content (AvgIpc) is 3.24. The second-order valence-electron chi connectivity index (χ2n) is 7.42. The lowest BCUT2D eigenvalue weighted by atomic mass is 9.87. The van der Waals surface area contributed by atoms with Crippen LogP contribution in [0.4, 0.5) is 11.4 Å². The zero-order chi connectivity index (χ0) is 23.1. The SMILES string of the molecule is CN(c1c([N+](=O)[O-])cnc2c1ccn2S(=O)(=O)c1ccccc1)C1(C(=O)O)CCOCC1. The molecule has 168 valence electrons. The number of fused-ring (bicyclic) bond motifs is 1. The summed E-state index contributed by atoms with van der Waals surface area (Å²) in [5.74, 6) is -1.14. The van der Waals surface area contributed by atoms with Crippen LogP contribution in [0, 0.1) is 10.1 Å². The average molecular weight is 460 g/mol. The Morgan fingerprint density at radius 1 is 1.25 bits per heavy atom. The number of ether oxygens (including phenoxy) is 1. The van der Waals surface area contributed by atoms with Gasteiger partial charge in [0.1, 0.15) is 17.4 Å². The van der Waals surface area contributed by atoms with Gasteiger partial charge in [-0.1, -0.05) is 18.2 Å². The lowest BCUT2D eigenvalue weighted by Gasteiger charge is -2.41. The third-order valence-electron chi connectivity index (χ3n) is 5.83. The molecule has 3 heterocycles. The summed E-state index contributed by atoms with van der Waals surface area (Å²) in [6, 6.07) is 9.11. The Hall–Kier alpha value is -3.51. The second kappa shape index (κ2) is 7.88. The van der Waals surface area contributed by atoms with Gasteiger partial charge in [0.15, 0.2) is 5.65 Å². The van der Waals surface area contributed by atoms with Gasteiger partial charge in [0.25, 0.3) is 10.0 Å². The van der Waals surface area contributed by atoms with Gasteiger partial charge in [-0.3, -0.25) is 10.1 Å². The number of nitro groups is 1. The fourth-order valence-electron chi connectivity index (χ4n) is 4.04. The lowest BCUT2D eigenvalue weighted by Crippen LogP contribution is -2.56. The van der Waals surface area contributed by atoms with Crippen molar-refractivity contribution in [1.29, 1.82) is 0 Å². The van der Waals surface area contributed by atoms with Gasteiger partial charge in [-0.05, 0) is 18.2 Å². The maximum atomic E-state index is 13.1. The summed E-state index contributed by atoms with van der Waals surface area (Å²) < 4.78 is 32.5. The molecule has 2 aromatic heterocycles. The maximum Gasteiger partial charge on any atom is 0.329 e. The molecule has 12 heteroatoms. The monoisotopic (exact) mass is 460 g/mol. The fraction of sp³-hybridized carbons (Fsp3) is 0.300. The third-order valence-corrected chi connectivity index (χ3v) is 7.51. The molecule has 0 aliphatic carbocycles. The van der Waals surface area contributed by atoms with Crippen molar-refractivity contribution in [3.05, 3.63) is 58.9 Å². The molecule has 0 saturated carbocycles. The number of rotatable bonds is 6. The number of carboxylic acids is 1. The molecule has 32 heavy (non-hydrogen) atoms. The molecule has 1 aromatic carbocycles.